The molecule has 0 aromatic carbocycles. The van der Waals surface area contributed by atoms with Gasteiger partial charge in [-0.05, 0) is 33.1 Å². The fraction of sp³-hybridized carbons (Fsp3) is 1.00. The second-order valence-electron chi connectivity index (χ2n) is 9.89. The standard InChI is InChI=1S/C27H60NO2Si/c1-6-10-11-12-13-14-15-16-17-18-19-20-21-22-23-24-26-28(5,25-7-2)27-31(29-8-3)30-9-4/h31H,6-27H2,1-5H3/q+1. The van der Waals surface area contributed by atoms with Crippen molar-refractivity contribution in [1.82, 2.24) is 0 Å². The molecule has 4 heteroatoms. The zero-order valence-corrected chi connectivity index (χ0v) is 23.6. The lowest BCUT2D eigenvalue weighted by Gasteiger charge is -2.36. The lowest BCUT2D eigenvalue weighted by atomic mass is 10.0. The number of rotatable bonds is 25. The van der Waals surface area contributed by atoms with Crippen molar-refractivity contribution in [2.24, 2.45) is 0 Å². The molecule has 3 nitrogen and oxygen atoms in total. The first-order chi connectivity index (χ1) is 15.1. The summed E-state index contributed by atoms with van der Waals surface area (Å²) in [5, 5.41) is 0. The highest BCUT2D eigenvalue weighted by molar-refractivity contribution is 6.44. The molecular weight excluding hydrogens is 398 g/mol. The Labute approximate surface area is 199 Å². The minimum absolute atomic E-state index is 0.794. The maximum Gasteiger partial charge on any atom is 0.380 e. The molecule has 0 N–H and O–H groups in total. The Kier molecular flexibility index (Phi) is 23.3. The van der Waals surface area contributed by atoms with Crippen molar-refractivity contribution in [1.29, 1.82) is 0 Å². The van der Waals surface area contributed by atoms with Crippen LogP contribution in [0, 0.1) is 0 Å². The third-order valence-corrected chi connectivity index (χ3v) is 9.20. The van der Waals surface area contributed by atoms with E-state index < -0.39 is 9.28 Å². The normalized spacial score (nSPS) is 13.7. The van der Waals surface area contributed by atoms with Crippen molar-refractivity contribution >= 4 is 9.28 Å². The van der Waals surface area contributed by atoms with E-state index in [4.69, 9.17) is 8.85 Å². The molecule has 188 valence electrons. The SMILES string of the molecule is CCCCCCCCCCCCCCCCCC[N+](C)(CCC)C[SiH](OCC)OCC. The molecular formula is C27H60NO2Si+. The molecule has 0 heterocycles. The van der Waals surface area contributed by atoms with Gasteiger partial charge in [0.1, 0.15) is 6.17 Å². The Morgan fingerprint density at radius 2 is 0.871 bits per heavy atom. The summed E-state index contributed by atoms with van der Waals surface area (Å²) < 4.78 is 13.1. The molecule has 0 spiro atoms. The van der Waals surface area contributed by atoms with E-state index in [1.165, 1.54) is 122 Å². The zero-order valence-electron chi connectivity index (χ0n) is 22.4. The van der Waals surface area contributed by atoms with E-state index >= 15 is 0 Å². The van der Waals surface area contributed by atoms with E-state index in [9.17, 15) is 0 Å². The molecule has 0 bridgehead atoms. The molecule has 31 heavy (non-hydrogen) atoms. The third-order valence-electron chi connectivity index (χ3n) is 6.61. The van der Waals surface area contributed by atoms with Crippen molar-refractivity contribution in [3.63, 3.8) is 0 Å². The molecule has 1 unspecified atom stereocenters. The van der Waals surface area contributed by atoms with Crippen molar-refractivity contribution in [2.45, 2.75) is 137 Å². The number of nitrogens with zero attached hydrogens (tertiary/aromatic N) is 1. The van der Waals surface area contributed by atoms with Gasteiger partial charge in [-0.15, -0.1) is 0 Å². The molecule has 0 aliphatic heterocycles. The predicted octanol–water partition coefficient (Wildman–Crippen LogP) is 7.94. The molecule has 0 aromatic rings. The van der Waals surface area contributed by atoms with Crippen LogP contribution in [-0.4, -0.2) is 53.3 Å². The van der Waals surface area contributed by atoms with Crippen LogP contribution in [0.25, 0.3) is 0 Å². The second-order valence-corrected chi connectivity index (χ2v) is 11.8. The average Bonchev–Trinajstić information content (AvgIpc) is 2.74. The Hall–Kier alpha value is 0.0969. The Morgan fingerprint density at radius 3 is 1.23 bits per heavy atom. The summed E-state index contributed by atoms with van der Waals surface area (Å²) in [6.07, 6.45) is 25.4. The Morgan fingerprint density at radius 1 is 0.484 bits per heavy atom. The molecule has 0 rings (SSSR count). The highest BCUT2D eigenvalue weighted by Gasteiger charge is 2.28. The summed E-state index contributed by atoms with van der Waals surface area (Å²) in [5.74, 6) is 0. The van der Waals surface area contributed by atoms with Gasteiger partial charge in [-0.25, -0.2) is 0 Å². The third kappa shape index (κ3) is 20.4. The van der Waals surface area contributed by atoms with Crippen LogP contribution in [0.5, 0.6) is 0 Å². The molecule has 0 saturated carbocycles. The molecule has 0 aliphatic carbocycles. The van der Waals surface area contributed by atoms with Gasteiger partial charge in [-0.1, -0.05) is 104 Å². The lowest BCUT2D eigenvalue weighted by molar-refractivity contribution is -0.901. The maximum absolute atomic E-state index is 5.96. The predicted molar refractivity (Wildman–Crippen MR) is 141 cm³/mol. The summed E-state index contributed by atoms with van der Waals surface area (Å²) in [6, 6.07) is 0. The second kappa shape index (κ2) is 23.3. The van der Waals surface area contributed by atoms with Crippen molar-refractivity contribution in [2.75, 3.05) is 39.5 Å². The first-order valence-electron chi connectivity index (χ1n) is 14.2. The van der Waals surface area contributed by atoms with Crippen LogP contribution < -0.4 is 0 Å². The fourth-order valence-electron chi connectivity index (χ4n) is 4.76. The zero-order chi connectivity index (χ0) is 23.0. The van der Waals surface area contributed by atoms with Crippen molar-refractivity contribution in [3.8, 4) is 0 Å². The quantitative estimate of drug-likeness (QED) is 0.0785. The van der Waals surface area contributed by atoms with Gasteiger partial charge in [-0.2, -0.15) is 0 Å². The summed E-state index contributed by atoms with van der Waals surface area (Å²) in [6.45, 7) is 12.9. The number of hydrogen-bond donors (Lipinski definition) is 0. The van der Waals surface area contributed by atoms with Crippen LogP contribution >= 0.6 is 0 Å². The minimum Gasteiger partial charge on any atom is -0.394 e. The topological polar surface area (TPSA) is 18.5 Å². The molecule has 0 aliphatic rings. The van der Waals surface area contributed by atoms with E-state index in [1.54, 1.807) is 0 Å². The van der Waals surface area contributed by atoms with E-state index in [-0.39, 0.29) is 0 Å². The van der Waals surface area contributed by atoms with Crippen molar-refractivity contribution in [3.05, 3.63) is 0 Å². The highest BCUT2D eigenvalue weighted by Crippen LogP contribution is 2.15. The van der Waals surface area contributed by atoms with Gasteiger partial charge < -0.3 is 13.3 Å². The summed E-state index contributed by atoms with van der Waals surface area (Å²) in [4.78, 5) is 0. The van der Waals surface area contributed by atoms with E-state index in [1.807, 2.05) is 0 Å². The number of quaternary nitrogens is 1. The molecule has 0 radical (unpaired) electrons. The average molecular weight is 459 g/mol. The summed E-state index contributed by atoms with van der Waals surface area (Å²) in [7, 11) is 0.909. The maximum atomic E-state index is 5.96. The largest absolute Gasteiger partial charge is 0.394 e. The number of unbranched alkanes of at least 4 members (excludes halogenated alkanes) is 15. The Balaban J connectivity index is 3.65. The molecule has 0 saturated heterocycles. The lowest BCUT2D eigenvalue weighted by Crippen LogP contribution is -2.53. The van der Waals surface area contributed by atoms with Gasteiger partial charge in [0.15, 0.2) is 0 Å². The molecule has 0 aromatic heterocycles. The van der Waals surface area contributed by atoms with E-state index in [0.29, 0.717) is 0 Å². The van der Waals surface area contributed by atoms with Crippen molar-refractivity contribution < 1.29 is 13.3 Å². The van der Waals surface area contributed by atoms with Crippen LogP contribution in [0.15, 0.2) is 0 Å². The van der Waals surface area contributed by atoms with Gasteiger partial charge >= 0.3 is 9.28 Å². The summed E-state index contributed by atoms with van der Waals surface area (Å²) >= 11 is 0. The molecule has 1 atom stereocenters. The molecule has 0 amide bonds. The number of hydrogen-bond acceptors (Lipinski definition) is 2. The van der Waals surface area contributed by atoms with Gasteiger partial charge in [-0.3, -0.25) is 0 Å². The van der Waals surface area contributed by atoms with Crippen LogP contribution in [0.3, 0.4) is 0 Å². The van der Waals surface area contributed by atoms with Gasteiger partial charge in [0.2, 0.25) is 0 Å². The van der Waals surface area contributed by atoms with E-state index in [2.05, 4.69) is 34.7 Å². The van der Waals surface area contributed by atoms with Gasteiger partial charge in [0.05, 0.1) is 20.1 Å². The highest BCUT2D eigenvalue weighted by atomic mass is 28.3. The molecule has 0 fully saturated rings. The van der Waals surface area contributed by atoms with Crippen LogP contribution in [-0.2, 0) is 8.85 Å². The fourth-order valence-corrected chi connectivity index (χ4v) is 6.90. The Bertz CT molecular complexity index is 350. The first-order valence-corrected chi connectivity index (χ1v) is 15.9. The summed E-state index contributed by atoms with van der Waals surface area (Å²) in [5.41, 5.74) is 0. The monoisotopic (exact) mass is 458 g/mol. The van der Waals surface area contributed by atoms with Gasteiger partial charge in [0.25, 0.3) is 0 Å². The first kappa shape index (κ1) is 31.1. The van der Waals surface area contributed by atoms with Crippen LogP contribution in [0.1, 0.15) is 137 Å². The van der Waals surface area contributed by atoms with Crippen LogP contribution in [0.2, 0.25) is 0 Å². The smallest absolute Gasteiger partial charge is 0.380 e. The van der Waals surface area contributed by atoms with E-state index in [0.717, 1.165) is 23.9 Å². The van der Waals surface area contributed by atoms with Crippen LogP contribution in [0.4, 0.5) is 0 Å². The van der Waals surface area contributed by atoms with Gasteiger partial charge in [0, 0.05) is 13.2 Å². The minimum atomic E-state index is -1.51.